The summed E-state index contributed by atoms with van der Waals surface area (Å²) in [6, 6.07) is 22.2. The lowest BCUT2D eigenvalue weighted by molar-refractivity contribution is 0.603. The predicted octanol–water partition coefficient (Wildman–Crippen LogP) is 6.43. The van der Waals surface area contributed by atoms with Crippen LogP contribution in [0.15, 0.2) is 81.6 Å². The van der Waals surface area contributed by atoms with Crippen LogP contribution in [-0.4, -0.2) is 8.42 Å². The van der Waals surface area contributed by atoms with Crippen molar-refractivity contribution in [2.24, 2.45) is 0 Å². The smallest absolute Gasteiger partial charge is 0.219 e. The Morgan fingerprint density at radius 3 is 2.19 bits per heavy atom. The fraction of sp³-hybridized carbons (Fsp3) is 0.192. The van der Waals surface area contributed by atoms with E-state index in [0.717, 1.165) is 33.5 Å². The maximum Gasteiger partial charge on any atom is 0.219 e. The summed E-state index contributed by atoms with van der Waals surface area (Å²) in [7, 11) is -3.98. The fourth-order valence-electron chi connectivity index (χ4n) is 3.21. The second kappa shape index (κ2) is 10.1. The van der Waals surface area contributed by atoms with Crippen molar-refractivity contribution in [3.63, 3.8) is 0 Å². The van der Waals surface area contributed by atoms with E-state index in [9.17, 15) is 13.7 Å². The van der Waals surface area contributed by atoms with Gasteiger partial charge in [-0.1, -0.05) is 54.1 Å². The Labute approximate surface area is 194 Å². The van der Waals surface area contributed by atoms with Crippen LogP contribution in [0, 0.1) is 39.0 Å². The predicted molar refractivity (Wildman–Crippen MR) is 133 cm³/mol. The number of nitrogens with zero attached hydrogens (tertiary/aromatic N) is 1. The summed E-state index contributed by atoms with van der Waals surface area (Å²) in [5, 5.41) is 13.5. The summed E-state index contributed by atoms with van der Waals surface area (Å²) in [4.78, 5) is -0.177. The standard InChI is InChI=1S/C26H26N2O2S2/c1-18-10-12-20(3)22(14-18)17-31-26(28-24-15-19(2)11-13-21(24)4)25(16-27)32(29,30)23-8-6-5-7-9-23/h5-15,28H,17H2,1-4H3. The minimum atomic E-state index is -3.98. The van der Waals surface area contributed by atoms with Crippen LogP contribution in [0.2, 0.25) is 0 Å². The molecule has 0 bridgehead atoms. The minimum Gasteiger partial charge on any atom is -0.348 e. The molecular formula is C26H26N2O2S2. The van der Waals surface area contributed by atoms with Crippen LogP contribution in [-0.2, 0) is 15.6 Å². The number of anilines is 1. The number of aryl methyl sites for hydroxylation is 4. The highest BCUT2D eigenvalue weighted by Crippen LogP contribution is 2.33. The second-order valence-corrected chi connectivity index (χ2v) is 10.6. The number of nitrogens with one attached hydrogen (secondary N) is 1. The number of hydrogen-bond acceptors (Lipinski definition) is 5. The molecule has 4 nitrogen and oxygen atoms in total. The van der Waals surface area contributed by atoms with E-state index in [2.05, 4.69) is 23.5 Å². The van der Waals surface area contributed by atoms with Gasteiger partial charge in [0.25, 0.3) is 0 Å². The lowest BCUT2D eigenvalue weighted by atomic mass is 10.1. The Hall–Kier alpha value is -3.01. The Bertz CT molecular complexity index is 1310. The maximum absolute atomic E-state index is 13.3. The first kappa shape index (κ1) is 23.6. The third-order valence-corrected chi connectivity index (χ3v) is 8.05. The van der Waals surface area contributed by atoms with Crippen LogP contribution in [0.3, 0.4) is 0 Å². The molecule has 0 fully saturated rings. The molecule has 0 atom stereocenters. The van der Waals surface area contributed by atoms with Gasteiger partial charge in [0, 0.05) is 11.4 Å². The highest BCUT2D eigenvalue weighted by atomic mass is 32.2. The Morgan fingerprint density at radius 2 is 1.53 bits per heavy atom. The molecule has 3 aromatic rings. The van der Waals surface area contributed by atoms with Crippen LogP contribution in [0.4, 0.5) is 5.69 Å². The van der Waals surface area contributed by atoms with Gasteiger partial charge in [-0.2, -0.15) is 5.26 Å². The number of sulfone groups is 1. The van der Waals surface area contributed by atoms with Gasteiger partial charge in [-0.15, -0.1) is 11.8 Å². The molecule has 0 radical (unpaired) electrons. The van der Waals surface area contributed by atoms with E-state index in [-0.39, 0.29) is 9.80 Å². The Morgan fingerprint density at radius 1 is 0.906 bits per heavy atom. The molecule has 32 heavy (non-hydrogen) atoms. The quantitative estimate of drug-likeness (QED) is 0.410. The number of allylic oxidation sites excluding steroid dienone is 1. The monoisotopic (exact) mass is 462 g/mol. The fourth-order valence-corrected chi connectivity index (χ4v) is 5.85. The molecular weight excluding hydrogens is 436 g/mol. The molecule has 0 saturated heterocycles. The van der Waals surface area contributed by atoms with E-state index < -0.39 is 9.84 Å². The van der Waals surface area contributed by atoms with Gasteiger partial charge in [-0.3, -0.25) is 0 Å². The Kier molecular flexibility index (Phi) is 7.44. The SMILES string of the molecule is Cc1ccc(C)c(CSC(Nc2cc(C)ccc2C)=C(C#N)S(=O)(=O)c2ccccc2)c1. The molecule has 0 heterocycles. The molecule has 0 aliphatic carbocycles. The first-order valence-electron chi connectivity index (χ1n) is 10.2. The van der Waals surface area contributed by atoms with Crippen molar-refractivity contribution >= 4 is 27.3 Å². The number of benzene rings is 3. The zero-order valence-corrected chi connectivity index (χ0v) is 20.3. The molecule has 0 spiro atoms. The van der Waals surface area contributed by atoms with Crippen molar-refractivity contribution in [3.05, 3.63) is 104 Å². The second-order valence-electron chi connectivity index (χ2n) is 7.75. The van der Waals surface area contributed by atoms with E-state index in [0.29, 0.717) is 10.8 Å². The summed E-state index contributed by atoms with van der Waals surface area (Å²) in [6.07, 6.45) is 0. The maximum atomic E-state index is 13.3. The van der Waals surface area contributed by atoms with Crippen molar-refractivity contribution < 1.29 is 8.42 Å². The number of rotatable bonds is 7. The highest BCUT2D eigenvalue weighted by Gasteiger charge is 2.26. The first-order chi connectivity index (χ1) is 15.2. The third-order valence-electron chi connectivity index (χ3n) is 5.15. The van der Waals surface area contributed by atoms with Crippen molar-refractivity contribution in [1.29, 1.82) is 5.26 Å². The molecule has 164 valence electrons. The van der Waals surface area contributed by atoms with Crippen molar-refractivity contribution in [3.8, 4) is 6.07 Å². The summed E-state index contributed by atoms with van der Waals surface area (Å²) in [6.45, 7) is 7.98. The molecule has 0 saturated carbocycles. The Balaban J connectivity index is 2.10. The van der Waals surface area contributed by atoms with Gasteiger partial charge in [-0.05, 0) is 68.1 Å². The van der Waals surface area contributed by atoms with Gasteiger partial charge in [0.05, 0.1) is 4.90 Å². The van der Waals surface area contributed by atoms with E-state index in [1.165, 1.54) is 23.9 Å². The largest absolute Gasteiger partial charge is 0.348 e. The van der Waals surface area contributed by atoms with Gasteiger partial charge in [0.2, 0.25) is 9.84 Å². The van der Waals surface area contributed by atoms with Gasteiger partial charge >= 0.3 is 0 Å². The van der Waals surface area contributed by atoms with Gasteiger partial charge in [0.15, 0.2) is 4.91 Å². The molecule has 3 aromatic carbocycles. The van der Waals surface area contributed by atoms with E-state index in [4.69, 9.17) is 0 Å². The molecule has 3 rings (SSSR count). The molecule has 0 aliphatic rings. The van der Waals surface area contributed by atoms with Crippen LogP contribution >= 0.6 is 11.8 Å². The van der Waals surface area contributed by atoms with E-state index in [1.807, 2.05) is 52.0 Å². The molecule has 0 unspecified atom stereocenters. The lowest BCUT2D eigenvalue weighted by Crippen LogP contribution is -2.11. The normalized spacial score (nSPS) is 12.1. The van der Waals surface area contributed by atoms with Gasteiger partial charge < -0.3 is 5.32 Å². The average molecular weight is 463 g/mol. The minimum absolute atomic E-state index is 0.101. The highest BCUT2D eigenvalue weighted by molar-refractivity contribution is 8.04. The molecule has 0 aromatic heterocycles. The first-order valence-corrected chi connectivity index (χ1v) is 12.7. The van der Waals surface area contributed by atoms with Crippen LogP contribution < -0.4 is 5.32 Å². The zero-order valence-electron chi connectivity index (χ0n) is 18.6. The van der Waals surface area contributed by atoms with Crippen molar-refractivity contribution in [1.82, 2.24) is 0 Å². The third kappa shape index (κ3) is 5.42. The summed E-state index contributed by atoms with van der Waals surface area (Å²) in [5.41, 5.74) is 6.15. The zero-order chi connectivity index (χ0) is 23.3. The van der Waals surface area contributed by atoms with Crippen molar-refractivity contribution in [2.75, 3.05) is 5.32 Å². The topological polar surface area (TPSA) is 70.0 Å². The van der Waals surface area contributed by atoms with Crippen LogP contribution in [0.25, 0.3) is 0 Å². The lowest BCUT2D eigenvalue weighted by Gasteiger charge is -2.17. The molecule has 0 amide bonds. The number of nitriles is 1. The molecule has 0 aliphatic heterocycles. The summed E-state index contributed by atoms with van der Waals surface area (Å²) >= 11 is 1.33. The van der Waals surface area contributed by atoms with Gasteiger partial charge in [-0.25, -0.2) is 8.42 Å². The van der Waals surface area contributed by atoms with Crippen LogP contribution in [0.5, 0.6) is 0 Å². The average Bonchev–Trinajstić information content (AvgIpc) is 2.77. The van der Waals surface area contributed by atoms with Crippen molar-refractivity contribution in [2.45, 2.75) is 38.3 Å². The van der Waals surface area contributed by atoms with E-state index in [1.54, 1.807) is 18.2 Å². The molecule has 1 N–H and O–H groups in total. The van der Waals surface area contributed by atoms with Gasteiger partial charge in [0.1, 0.15) is 11.1 Å². The summed E-state index contributed by atoms with van der Waals surface area (Å²) < 4.78 is 26.7. The summed E-state index contributed by atoms with van der Waals surface area (Å²) in [5.74, 6) is 0.538. The number of hydrogen-bond donors (Lipinski definition) is 1. The number of thioether (sulfide) groups is 1. The van der Waals surface area contributed by atoms with Crippen LogP contribution in [0.1, 0.15) is 27.8 Å². The van der Waals surface area contributed by atoms with E-state index >= 15 is 0 Å². The molecule has 6 heteroatoms.